The number of aliphatic hydroxyl groups excluding tert-OH is 1. The van der Waals surface area contributed by atoms with Crippen LogP contribution in [0.15, 0.2) is 18.2 Å². The second-order valence-corrected chi connectivity index (χ2v) is 5.37. The Morgan fingerprint density at radius 3 is 2.81 bits per heavy atom. The summed E-state index contributed by atoms with van der Waals surface area (Å²) in [5.74, 6) is -0.177. The third kappa shape index (κ3) is 6.74. The van der Waals surface area contributed by atoms with Crippen LogP contribution in [0.25, 0.3) is 0 Å². The number of carbonyl (C=O) groups excluding carboxylic acids is 1. The van der Waals surface area contributed by atoms with Crippen molar-refractivity contribution in [3.8, 4) is 0 Å². The molecule has 4 heteroatoms. The van der Waals surface area contributed by atoms with Gasteiger partial charge in [-0.15, -0.1) is 0 Å². The quantitative estimate of drug-likeness (QED) is 0.541. The van der Waals surface area contributed by atoms with Gasteiger partial charge < -0.3 is 15.2 Å². The van der Waals surface area contributed by atoms with Crippen LogP contribution >= 0.6 is 0 Å². The van der Waals surface area contributed by atoms with E-state index in [4.69, 9.17) is 9.84 Å². The number of hydrogen-bond donors (Lipinski definition) is 2. The van der Waals surface area contributed by atoms with Gasteiger partial charge in [0, 0.05) is 12.6 Å². The third-order valence-electron chi connectivity index (χ3n) is 3.46. The predicted octanol–water partition coefficient (Wildman–Crippen LogP) is 2.14. The zero-order valence-electron chi connectivity index (χ0n) is 13.3. The molecule has 1 aromatic rings. The summed E-state index contributed by atoms with van der Waals surface area (Å²) < 4.78 is 5.04. The Hall–Kier alpha value is -1.39. The molecule has 0 aliphatic rings. The van der Waals surface area contributed by atoms with Crippen molar-refractivity contribution < 1.29 is 14.6 Å². The fourth-order valence-electron chi connectivity index (χ4n) is 2.31. The summed E-state index contributed by atoms with van der Waals surface area (Å²) in [5.41, 5.74) is 3.71. The highest BCUT2D eigenvalue weighted by Gasteiger charge is 2.16. The van der Waals surface area contributed by atoms with Crippen LogP contribution in [0.1, 0.15) is 36.5 Å². The second kappa shape index (κ2) is 9.53. The summed E-state index contributed by atoms with van der Waals surface area (Å²) in [5, 5.41) is 12.2. The highest BCUT2D eigenvalue weighted by molar-refractivity contribution is 5.70. The molecule has 2 N–H and O–H groups in total. The highest BCUT2D eigenvalue weighted by atomic mass is 16.5. The molecule has 0 aliphatic carbocycles. The minimum absolute atomic E-state index is 0.0381. The normalized spacial score (nSPS) is 12.2. The molecule has 0 bridgehead atoms. The Morgan fingerprint density at radius 1 is 1.38 bits per heavy atom. The number of carbonyl (C=O) groups is 1. The first-order chi connectivity index (χ1) is 10.1. The standard InChI is InChI=1S/C17H27NO3/c1-4-21-17(20)12-16(18-8-5-9-19)11-15-10-13(2)6-7-14(15)3/h6-7,10,16,18-19H,4-5,8-9,11-12H2,1-3H3. The zero-order chi connectivity index (χ0) is 15.7. The minimum atomic E-state index is -0.177. The SMILES string of the molecule is CCOC(=O)CC(Cc1cc(C)ccc1C)NCCCO. The van der Waals surface area contributed by atoms with E-state index in [1.165, 1.54) is 16.7 Å². The Balaban J connectivity index is 2.70. The molecule has 1 atom stereocenters. The first-order valence-corrected chi connectivity index (χ1v) is 7.62. The Bertz CT molecular complexity index is 446. The molecule has 0 heterocycles. The van der Waals surface area contributed by atoms with E-state index in [1.54, 1.807) is 0 Å². The first-order valence-electron chi connectivity index (χ1n) is 7.62. The fourth-order valence-corrected chi connectivity index (χ4v) is 2.31. The topological polar surface area (TPSA) is 58.6 Å². The zero-order valence-corrected chi connectivity index (χ0v) is 13.3. The number of aliphatic hydroxyl groups is 1. The highest BCUT2D eigenvalue weighted by Crippen LogP contribution is 2.14. The van der Waals surface area contributed by atoms with E-state index in [9.17, 15) is 4.79 Å². The monoisotopic (exact) mass is 293 g/mol. The molecule has 0 saturated carbocycles. The molecule has 0 saturated heterocycles. The van der Waals surface area contributed by atoms with Crippen LogP contribution in [0, 0.1) is 13.8 Å². The third-order valence-corrected chi connectivity index (χ3v) is 3.46. The van der Waals surface area contributed by atoms with Crippen LogP contribution in [0.5, 0.6) is 0 Å². The van der Waals surface area contributed by atoms with Crippen molar-refractivity contribution in [3.05, 3.63) is 34.9 Å². The first kappa shape index (κ1) is 17.7. The van der Waals surface area contributed by atoms with Crippen LogP contribution in [-0.4, -0.2) is 36.9 Å². The van der Waals surface area contributed by atoms with Gasteiger partial charge in [0.05, 0.1) is 13.0 Å². The van der Waals surface area contributed by atoms with Gasteiger partial charge in [0.1, 0.15) is 0 Å². The molecule has 0 aliphatic heterocycles. The average Bonchev–Trinajstić information content (AvgIpc) is 2.43. The summed E-state index contributed by atoms with van der Waals surface area (Å²) in [4.78, 5) is 11.7. The lowest BCUT2D eigenvalue weighted by Crippen LogP contribution is -2.35. The van der Waals surface area contributed by atoms with E-state index < -0.39 is 0 Å². The van der Waals surface area contributed by atoms with Gasteiger partial charge in [0.2, 0.25) is 0 Å². The van der Waals surface area contributed by atoms with Crippen molar-refractivity contribution in [3.63, 3.8) is 0 Å². The van der Waals surface area contributed by atoms with E-state index in [0.717, 1.165) is 6.42 Å². The maximum absolute atomic E-state index is 11.7. The van der Waals surface area contributed by atoms with E-state index >= 15 is 0 Å². The number of ether oxygens (including phenoxy) is 1. The molecule has 4 nitrogen and oxygen atoms in total. The van der Waals surface area contributed by atoms with E-state index in [0.29, 0.717) is 26.0 Å². The fraction of sp³-hybridized carbons (Fsp3) is 0.588. The summed E-state index contributed by atoms with van der Waals surface area (Å²) in [7, 11) is 0. The maximum atomic E-state index is 11.7. The summed E-state index contributed by atoms with van der Waals surface area (Å²) in [6.07, 6.45) is 1.83. The molecular weight excluding hydrogens is 266 g/mol. The Morgan fingerprint density at radius 2 is 2.14 bits per heavy atom. The summed E-state index contributed by atoms with van der Waals surface area (Å²) in [6, 6.07) is 6.41. The van der Waals surface area contributed by atoms with Gasteiger partial charge >= 0.3 is 5.97 Å². The molecule has 0 spiro atoms. The van der Waals surface area contributed by atoms with Gasteiger partial charge in [-0.1, -0.05) is 23.8 Å². The van der Waals surface area contributed by atoms with Crippen molar-refractivity contribution in [1.29, 1.82) is 0 Å². The number of benzene rings is 1. The molecule has 0 radical (unpaired) electrons. The molecule has 1 rings (SSSR count). The van der Waals surface area contributed by atoms with Gasteiger partial charge in [-0.05, 0) is 51.3 Å². The number of aryl methyl sites for hydroxylation is 2. The maximum Gasteiger partial charge on any atom is 0.307 e. The Labute approximate surface area is 127 Å². The van der Waals surface area contributed by atoms with Gasteiger partial charge in [0.15, 0.2) is 0 Å². The molecule has 1 aromatic carbocycles. The lowest BCUT2D eigenvalue weighted by atomic mass is 9.97. The molecule has 0 fully saturated rings. The smallest absolute Gasteiger partial charge is 0.307 e. The van der Waals surface area contributed by atoms with E-state index in [-0.39, 0.29) is 18.6 Å². The number of rotatable bonds is 9. The molecule has 21 heavy (non-hydrogen) atoms. The van der Waals surface area contributed by atoms with Crippen molar-refractivity contribution in [2.24, 2.45) is 0 Å². The molecular formula is C17H27NO3. The molecule has 0 aromatic heterocycles. The predicted molar refractivity (Wildman–Crippen MR) is 84.4 cm³/mol. The Kier molecular flexibility index (Phi) is 8.01. The molecule has 118 valence electrons. The lowest BCUT2D eigenvalue weighted by molar-refractivity contribution is -0.143. The van der Waals surface area contributed by atoms with Crippen LogP contribution in [0.3, 0.4) is 0 Å². The molecule has 1 unspecified atom stereocenters. The van der Waals surface area contributed by atoms with Gasteiger partial charge in [0.25, 0.3) is 0 Å². The van der Waals surface area contributed by atoms with Gasteiger partial charge in [-0.2, -0.15) is 0 Å². The second-order valence-electron chi connectivity index (χ2n) is 5.37. The van der Waals surface area contributed by atoms with Crippen LogP contribution < -0.4 is 5.32 Å². The van der Waals surface area contributed by atoms with Crippen molar-refractivity contribution >= 4 is 5.97 Å². The van der Waals surface area contributed by atoms with E-state index in [2.05, 4.69) is 37.4 Å². The number of nitrogens with one attached hydrogen (secondary N) is 1. The van der Waals surface area contributed by atoms with Crippen LogP contribution in [-0.2, 0) is 16.0 Å². The number of hydrogen-bond acceptors (Lipinski definition) is 4. The average molecular weight is 293 g/mol. The van der Waals surface area contributed by atoms with Crippen LogP contribution in [0.2, 0.25) is 0 Å². The largest absolute Gasteiger partial charge is 0.466 e. The summed E-state index contributed by atoms with van der Waals surface area (Å²) in [6.45, 7) is 7.24. The van der Waals surface area contributed by atoms with Crippen molar-refractivity contribution in [2.75, 3.05) is 19.8 Å². The van der Waals surface area contributed by atoms with E-state index in [1.807, 2.05) is 6.92 Å². The van der Waals surface area contributed by atoms with Gasteiger partial charge in [-0.3, -0.25) is 4.79 Å². The van der Waals surface area contributed by atoms with Crippen molar-refractivity contribution in [2.45, 2.75) is 46.1 Å². The number of esters is 1. The van der Waals surface area contributed by atoms with Crippen LogP contribution in [0.4, 0.5) is 0 Å². The minimum Gasteiger partial charge on any atom is -0.466 e. The van der Waals surface area contributed by atoms with Gasteiger partial charge in [-0.25, -0.2) is 0 Å². The lowest BCUT2D eigenvalue weighted by Gasteiger charge is -2.19. The van der Waals surface area contributed by atoms with Crippen molar-refractivity contribution in [1.82, 2.24) is 5.32 Å². The molecule has 0 amide bonds. The summed E-state index contributed by atoms with van der Waals surface area (Å²) >= 11 is 0.